The molecule has 1 aromatic carbocycles. The minimum absolute atomic E-state index is 0.362. The zero-order valence-corrected chi connectivity index (χ0v) is 10.3. The standard InChI is InChI=1S/C14H18N2O/c1-16(2)10-13(17)9-12-8-7-11-5-3-4-6-14(11)15-12/h3-8,13,17H,9-10H2,1-2H3. The Labute approximate surface area is 102 Å². The van der Waals surface area contributed by atoms with E-state index in [0.717, 1.165) is 16.6 Å². The largest absolute Gasteiger partial charge is 0.391 e. The van der Waals surface area contributed by atoms with Crippen LogP contribution < -0.4 is 0 Å². The average Bonchev–Trinajstić information content (AvgIpc) is 2.27. The number of fused-ring (bicyclic) bond motifs is 1. The Hall–Kier alpha value is -1.45. The first-order chi connectivity index (χ1) is 8.15. The Balaban J connectivity index is 2.14. The van der Waals surface area contributed by atoms with E-state index in [0.29, 0.717) is 13.0 Å². The second-order valence-corrected chi connectivity index (χ2v) is 4.62. The molecule has 0 saturated carbocycles. The van der Waals surface area contributed by atoms with Gasteiger partial charge in [-0.1, -0.05) is 24.3 Å². The van der Waals surface area contributed by atoms with E-state index in [1.165, 1.54) is 0 Å². The maximum absolute atomic E-state index is 9.86. The summed E-state index contributed by atoms with van der Waals surface area (Å²) in [4.78, 5) is 6.52. The first-order valence-electron chi connectivity index (χ1n) is 5.82. The van der Waals surface area contributed by atoms with Crippen LogP contribution >= 0.6 is 0 Å². The molecule has 1 N–H and O–H groups in total. The van der Waals surface area contributed by atoms with Crippen molar-refractivity contribution < 1.29 is 5.11 Å². The van der Waals surface area contributed by atoms with Gasteiger partial charge in [0.05, 0.1) is 11.6 Å². The van der Waals surface area contributed by atoms with E-state index >= 15 is 0 Å². The third-order valence-electron chi connectivity index (χ3n) is 2.68. The van der Waals surface area contributed by atoms with Crippen molar-refractivity contribution in [3.63, 3.8) is 0 Å². The van der Waals surface area contributed by atoms with Crippen molar-refractivity contribution in [2.45, 2.75) is 12.5 Å². The Morgan fingerprint density at radius 2 is 1.94 bits per heavy atom. The number of nitrogens with zero attached hydrogens (tertiary/aromatic N) is 2. The van der Waals surface area contributed by atoms with E-state index in [1.54, 1.807) is 0 Å². The summed E-state index contributed by atoms with van der Waals surface area (Å²) in [6.07, 6.45) is 0.238. The molecule has 17 heavy (non-hydrogen) atoms. The molecule has 0 radical (unpaired) electrons. The summed E-state index contributed by atoms with van der Waals surface area (Å²) in [5.74, 6) is 0. The van der Waals surface area contributed by atoms with E-state index in [9.17, 15) is 5.11 Å². The van der Waals surface area contributed by atoms with Gasteiger partial charge in [0.15, 0.2) is 0 Å². The van der Waals surface area contributed by atoms with Crippen LogP contribution in [0, 0.1) is 0 Å². The highest BCUT2D eigenvalue weighted by molar-refractivity contribution is 5.78. The van der Waals surface area contributed by atoms with Crippen LogP contribution in [-0.4, -0.2) is 41.7 Å². The molecule has 0 aliphatic heterocycles. The molecule has 0 bridgehead atoms. The summed E-state index contributed by atoms with van der Waals surface area (Å²) in [6, 6.07) is 12.1. The summed E-state index contributed by atoms with van der Waals surface area (Å²) in [7, 11) is 3.91. The van der Waals surface area contributed by atoms with E-state index in [-0.39, 0.29) is 6.10 Å². The van der Waals surface area contributed by atoms with Gasteiger partial charge in [-0.05, 0) is 26.2 Å². The van der Waals surface area contributed by atoms with E-state index in [4.69, 9.17) is 0 Å². The van der Waals surface area contributed by atoms with Gasteiger partial charge in [-0.2, -0.15) is 0 Å². The van der Waals surface area contributed by atoms with Crippen LogP contribution in [0.2, 0.25) is 0 Å². The average molecular weight is 230 g/mol. The van der Waals surface area contributed by atoms with Gasteiger partial charge in [0.25, 0.3) is 0 Å². The number of aliphatic hydroxyl groups is 1. The van der Waals surface area contributed by atoms with Gasteiger partial charge < -0.3 is 10.0 Å². The fourth-order valence-corrected chi connectivity index (χ4v) is 1.95. The number of benzene rings is 1. The van der Waals surface area contributed by atoms with Gasteiger partial charge in [-0.3, -0.25) is 4.98 Å². The second-order valence-electron chi connectivity index (χ2n) is 4.62. The lowest BCUT2D eigenvalue weighted by Crippen LogP contribution is -2.27. The molecule has 0 saturated heterocycles. The molecule has 1 unspecified atom stereocenters. The summed E-state index contributed by atoms with van der Waals surface area (Å²) in [6.45, 7) is 0.661. The SMILES string of the molecule is CN(C)CC(O)Cc1ccc2ccccc2n1. The molecular formula is C14H18N2O. The van der Waals surface area contributed by atoms with Crippen molar-refractivity contribution >= 4 is 10.9 Å². The fourth-order valence-electron chi connectivity index (χ4n) is 1.95. The van der Waals surface area contributed by atoms with Crippen LogP contribution in [0.15, 0.2) is 36.4 Å². The number of pyridine rings is 1. The van der Waals surface area contributed by atoms with Gasteiger partial charge >= 0.3 is 0 Å². The van der Waals surface area contributed by atoms with Crippen molar-refractivity contribution in [2.24, 2.45) is 0 Å². The highest BCUT2D eigenvalue weighted by atomic mass is 16.3. The molecule has 1 heterocycles. The van der Waals surface area contributed by atoms with Crippen LogP contribution in [0.5, 0.6) is 0 Å². The molecular weight excluding hydrogens is 212 g/mol. The predicted octanol–water partition coefficient (Wildman–Crippen LogP) is 1.70. The van der Waals surface area contributed by atoms with Crippen molar-refractivity contribution in [2.75, 3.05) is 20.6 Å². The highest BCUT2D eigenvalue weighted by Gasteiger charge is 2.08. The third kappa shape index (κ3) is 3.25. The molecule has 3 nitrogen and oxygen atoms in total. The lowest BCUT2D eigenvalue weighted by atomic mass is 10.1. The van der Waals surface area contributed by atoms with Crippen LogP contribution in [0.3, 0.4) is 0 Å². The monoisotopic (exact) mass is 230 g/mol. The van der Waals surface area contributed by atoms with Crippen LogP contribution in [0.1, 0.15) is 5.69 Å². The van der Waals surface area contributed by atoms with Gasteiger partial charge in [0.1, 0.15) is 0 Å². The summed E-state index contributed by atoms with van der Waals surface area (Å²) in [5.41, 5.74) is 1.93. The number of likely N-dealkylation sites (N-methyl/N-ethyl adjacent to an activating group) is 1. The van der Waals surface area contributed by atoms with Gasteiger partial charge in [-0.15, -0.1) is 0 Å². The summed E-state index contributed by atoms with van der Waals surface area (Å²) < 4.78 is 0. The van der Waals surface area contributed by atoms with Crippen LogP contribution in [0.25, 0.3) is 10.9 Å². The predicted molar refractivity (Wildman–Crippen MR) is 70.0 cm³/mol. The van der Waals surface area contributed by atoms with E-state index < -0.39 is 0 Å². The molecule has 0 aliphatic rings. The maximum atomic E-state index is 9.86. The Kier molecular flexibility index (Phi) is 3.71. The van der Waals surface area contributed by atoms with Gasteiger partial charge in [0.2, 0.25) is 0 Å². The van der Waals surface area contributed by atoms with Crippen molar-refractivity contribution in [1.29, 1.82) is 0 Å². The molecule has 0 amide bonds. The lowest BCUT2D eigenvalue weighted by Gasteiger charge is -2.15. The maximum Gasteiger partial charge on any atom is 0.0722 e. The van der Waals surface area contributed by atoms with Crippen LogP contribution in [0.4, 0.5) is 0 Å². The van der Waals surface area contributed by atoms with Gasteiger partial charge in [-0.25, -0.2) is 0 Å². The quantitative estimate of drug-likeness (QED) is 0.868. The molecule has 3 heteroatoms. The Bertz CT molecular complexity index is 496. The summed E-state index contributed by atoms with van der Waals surface area (Å²) in [5, 5.41) is 11.0. The first-order valence-corrected chi connectivity index (χ1v) is 5.82. The number of para-hydroxylation sites is 1. The number of hydrogen-bond donors (Lipinski definition) is 1. The molecule has 0 aliphatic carbocycles. The number of rotatable bonds is 4. The smallest absolute Gasteiger partial charge is 0.0722 e. The fraction of sp³-hybridized carbons (Fsp3) is 0.357. The Morgan fingerprint density at radius 1 is 1.18 bits per heavy atom. The molecule has 90 valence electrons. The van der Waals surface area contributed by atoms with E-state index in [2.05, 4.69) is 11.1 Å². The van der Waals surface area contributed by atoms with Crippen molar-refractivity contribution in [3.8, 4) is 0 Å². The second kappa shape index (κ2) is 5.25. The zero-order chi connectivity index (χ0) is 12.3. The minimum atomic E-state index is -0.362. The molecule has 2 aromatic rings. The number of aliphatic hydroxyl groups excluding tert-OH is 1. The normalized spacial score (nSPS) is 13.2. The number of aromatic nitrogens is 1. The number of hydrogen-bond acceptors (Lipinski definition) is 3. The lowest BCUT2D eigenvalue weighted by molar-refractivity contribution is 0.136. The Morgan fingerprint density at radius 3 is 2.71 bits per heavy atom. The molecule has 1 aromatic heterocycles. The minimum Gasteiger partial charge on any atom is -0.391 e. The highest BCUT2D eigenvalue weighted by Crippen LogP contribution is 2.12. The molecule has 0 spiro atoms. The first kappa shape index (κ1) is 12.0. The van der Waals surface area contributed by atoms with Crippen LogP contribution in [-0.2, 0) is 6.42 Å². The molecule has 1 atom stereocenters. The summed E-state index contributed by atoms with van der Waals surface area (Å²) >= 11 is 0. The topological polar surface area (TPSA) is 36.4 Å². The third-order valence-corrected chi connectivity index (χ3v) is 2.68. The molecule has 2 rings (SSSR count). The van der Waals surface area contributed by atoms with E-state index in [1.807, 2.05) is 49.3 Å². The van der Waals surface area contributed by atoms with Crippen molar-refractivity contribution in [3.05, 3.63) is 42.1 Å². The zero-order valence-electron chi connectivity index (χ0n) is 10.3. The van der Waals surface area contributed by atoms with Gasteiger partial charge in [0, 0.05) is 24.0 Å². The molecule has 0 fully saturated rings. The van der Waals surface area contributed by atoms with Crippen molar-refractivity contribution in [1.82, 2.24) is 9.88 Å².